The standard InChI is InChI=1S/C14H19FO/c1-14(2)9-12(10-16-14)4-3-11-5-7-13(15)8-6-11/h5-8,12H,3-4,9-10H2,1-2H3/t12-/m0/s1. The zero-order chi connectivity index (χ0) is 11.6. The summed E-state index contributed by atoms with van der Waals surface area (Å²) in [6, 6.07) is 6.81. The van der Waals surface area contributed by atoms with Crippen LogP contribution in [0.2, 0.25) is 0 Å². The van der Waals surface area contributed by atoms with Crippen molar-refractivity contribution in [3.05, 3.63) is 35.6 Å². The fourth-order valence-electron chi connectivity index (χ4n) is 2.36. The molecule has 1 heterocycles. The molecule has 0 unspecified atom stereocenters. The first-order valence-electron chi connectivity index (χ1n) is 5.94. The first-order valence-corrected chi connectivity index (χ1v) is 5.94. The van der Waals surface area contributed by atoms with Gasteiger partial charge in [-0.05, 0) is 56.7 Å². The second-order valence-corrected chi connectivity index (χ2v) is 5.31. The van der Waals surface area contributed by atoms with Crippen LogP contribution in [0.5, 0.6) is 0 Å². The van der Waals surface area contributed by atoms with E-state index in [1.165, 1.54) is 17.7 Å². The average molecular weight is 222 g/mol. The highest BCUT2D eigenvalue weighted by Gasteiger charge is 2.31. The Balaban J connectivity index is 1.82. The van der Waals surface area contributed by atoms with Gasteiger partial charge in [0.2, 0.25) is 0 Å². The van der Waals surface area contributed by atoms with Crippen LogP contribution in [-0.4, -0.2) is 12.2 Å². The van der Waals surface area contributed by atoms with E-state index in [0.29, 0.717) is 5.92 Å². The summed E-state index contributed by atoms with van der Waals surface area (Å²) in [4.78, 5) is 0. The van der Waals surface area contributed by atoms with Crippen molar-refractivity contribution < 1.29 is 9.13 Å². The zero-order valence-corrected chi connectivity index (χ0v) is 10.0. The molecular formula is C14H19FO. The van der Waals surface area contributed by atoms with Gasteiger partial charge in [0.1, 0.15) is 5.82 Å². The first kappa shape index (κ1) is 11.6. The van der Waals surface area contributed by atoms with Gasteiger partial charge in [-0.15, -0.1) is 0 Å². The van der Waals surface area contributed by atoms with E-state index in [-0.39, 0.29) is 11.4 Å². The molecule has 0 saturated carbocycles. The normalized spacial score (nSPS) is 23.6. The maximum Gasteiger partial charge on any atom is 0.123 e. The van der Waals surface area contributed by atoms with Crippen molar-refractivity contribution in [2.24, 2.45) is 5.92 Å². The van der Waals surface area contributed by atoms with Gasteiger partial charge in [0.05, 0.1) is 12.2 Å². The van der Waals surface area contributed by atoms with Crippen molar-refractivity contribution in [3.63, 3.8) is 0 Å². The SMILES string of the molecule is CC1(C)C[C@H](CCc2ccc(F)cc2)CO1. The van der Waals surface area contributed by atoms with Crippen LogP contribution in [-0.2, 0) is 11.2 Å². The molecule has 1 saturated heterocycles. The summed E-state index contributed by atoms with van der Waals surface area (Å²) in [7, 11) is 0. The van der Waals surface area contributed by atoms with E-state index in [1.54, 1.807) is 0 Å². The third-order valence-corrected chi connectivity index (χ3v) is 3.24. The molecule has 1 atom stereocenters. The molecule has 2 heteroatoms. The molecule has 16 heavy (non-hydrogen) atoms. The van der Waals surface area contributed by atoms with Crippen LogP contribution >= 0.6 is 0 Å². The Labute approximate surface area is 96.6 Å². The Kier molecular flexibility index (Phi) is 3.29. The number of hydrogen-bond donors (Lipinski definition) is 0. The minimum atomic E-state index is -0.158. The van der Waals surface area contributed by atoms with Crippen molar-refractivity contribution >= 4 is 0 Å². The molecule has 1 aromatic rings. The van der Waals surface area contributed by atoms with Crippen LogP contribution in [0.1, 0.15) is 32.3 Å². The highest BCUT2D eigenvalue weighted by molar-refractivity contribution is 5.16. The molecule has 88 valence electrons. The summed E-state index contributed by atoms with van der Waals surface area (Å²) in [5, 5.41) is 0. The Morgan fingerprint density at radius 1 is 1.31 bits per heavy atom. The lowest BCUT2D eigenvalue weighted by atomic mass is 9.92. The van der Waals surface area contributed by atoms with Crippen LogP contribution in [0.15, 0.2) is 24.3 Å². The summed E-state index contributed by atoms with van der Waals surface area (Å²) < 4.78 is 18.4. The number of aryl methyl sites for hydroxylation is 1. The fourth-order valence-corrected chi connectivity index (χ4v) is 2.36. The Hall–Kier alpha value is -0.890. The second-order valence-electron chi connectivity index (χ2n) is 5.31. The molecule has 2 rings (SSSR count). The van der Waals surface area contributed by atoms with Crippen LogP contribution in [0.3, 0.4) is 0 Å². The van der Waals surface area contributed by atoms with E-state index in [9.17, 15) is 4.39 Å². The lowest BCUT2D eigenvalue weighted by molar-refractivity contribution is 0.0349. The zero-order valence-electron chi connectivity index (χ0n) is 10.0. The highest BCUT2D eigenvalue weighted by Crippen LogP contribution is 2.31. The molecular weight excluding hydrogens is 203 g/mol. The third kappa shape index (κ3) is 3.05. The highest BCUT2D eigenvalue weighted by atomic mass is 19.1. The molecule has 0 aliphatic carbocycles. The Morgan fingerprint density at radius 3 is 2.56 bits per heavy atom. The minimum absolute atomic E-state index is 0.0491. The van der Waals surface area contributed by atoms with E-state index in [4.69, 9.17) is 4.74 Å². The molecule has 0 spiro atoms. The van der Waals surface area contributed by atoms with Gasteiger partial charge in [0.25, 0.3) is 0 Å². The van der Waals surface area contributed by atoms with Gasteiger partial charge >= 0.3 is 0 Å². The summed E-state index contributed by atoms with van der Waals surface area (Å²) in [6.45, 7) is 5.16. The molecule has 1 aliphatic rings. The molecule has 0 radical (unpaired) electrons. The minimum Gasteiger partial charge on any atom is -0.375 e. The molecule has 1 aromatic carbocycles. The molecule has 0 amide bonds. The lowest BCUT2D eigenvalue weighted by Gasteiger charge is -2.15. The van der Waals surface area contributed by atoms with Gasteiger partial charge in [-0.25, -0.2) is 4.39 Å². The van der Waals surface area contributed by atoms with Gasteiger partial charge in [-0.3, -0.25) is 0 Å². The fraction of sp³-hybridized carbons (Fsp3) is 0.571. The van der Waals surface area contributed by atoms with E-state index < -0.39 is 0 Å². The van der Waals surface area contributed by atoms with E-state index in [0.717, 1.165) is 25.9 Å². The number of rotatable bonds is 3. The van der Waals surface area contributed by atoms with Gasteiger partial charge < -0.3 is 4.74 Å². The van der Waals surface area contributed by atoms with Crippen molar-refractivity contribution in [3.8, 4) is 0 Å². The van der Waals surface area contributed by atoms with E-state index in [2.05, 4.69) is 13.8 Å². The smallest absolute Gasteiger partial charge is 0.123 e. The molecule has 0 bridgehead atoms. The molecule has 1 nitrogen and oxygen atoms in total. The van der Waals surface area contributed by atoms with Crippen molar-refractivity contribution in [1.29, 1.82) is 0 Å². The predicted octanol–water partition coefficient (Wildman–Crippen LogP) is 3.57. The third-order valence-electron chi connectivity index (χ3n) is 3.24. The predicted molar refractivity (Wildman–Crippen MR) is 62.9 cm³/mol. The maximum atomic E-state index is 12.7. The Morgan fingerprint density at radius 2 is 2.00 bits per heavy atom. The monoisotopic (exact) mass is 222 g/mol. The number of halogens is 1. The molecule has 1 aliphatic heterocycles. The van der Waals surface area contributed by atoms with Crippen molar-refractivity contribution in [2.45, 2.75) is 38.7 Å². The van der Waals surface area contributed by atoms with E-state index in [1.807, 2.05) is 12.1 Å². The van der Waals surface area contributed by atoms with Crippen LogP contribution < -0.4 is 0 Å². The van der Waals surface area contributed by atoms with Gasteiger partial charge in [0, 0.05) is 0 Å². The summed E-state index contributed by atoms with van der Waals surface area (Å²) >= 11 is 0. The molecule has 0 N–H and O–H groups in total. The molecule has 1 fully saturated rings. The summed E-state index contributed by atoms with van der Waals surface area (Å²) in [5.41, 5.74) is 1.26. The summed E-state index contributed by atoms with van der Waals surface area (Å²) in [5.74, 6) is 0.495. The van der Waals surface area contributed by atoms with Gasteiger partial charge in [-0.2, -0.15) is 0 Å². The largest absolute Gasteiger partial charge is 0.375 e. The van der Waals surface area contributed by atoms with Gasteiger partial charge in [-0.1, -0.05) is 12.1 Å². The maximum absolute atomic E-state index is 12.7. The number of hydrogen-bond acceptors (Lipinski definition) is 1. The van der Waals surface area contributed by atoms with Crippen molar-refractivity contribution in [2.75, 3.05) is 6.61 Å². The van der Waals surface area contributed by atoms with Crippen LogP contribution in [0.25, 0.3) is 0 Å². The van der Waals surface area contributed by atoms with Crippen LogP contribution in [0, 0.1) is 11.7 Å². The lowest BCUT2D eigenvalue weighted by Crippen LogP contribution is -2.16. The second kappa shape index (κ2) is 4.54. The molecule has 0 aromatic heterocycles. The van der Waals surface area contributed by atoms with Crippen LogP contribution in [0.4, 0.5) is 4.39 Å². The van der Waals surface area contributed by atoms with Crippen molar-refractivity contribution in [1.82, 2.24) is 0 Å². The number of ether oxygens (including phenoxy) is 1. The topological polar surface area (TPSA) is 9.23 Å². The summed E-state index contributed by atoms with van der Waals surface area (Å²) in [6.07, 6.45) is 3.29. The number of benzene rings is 1. The van der Waals surface area contributed by atoms with E-state index >= 15 is 0 Å². The Bertz CT molecular complexity index is 342. The quantitative estimate of drug-likeness (QED) is 0.759. The average Bonchev–Trinajstić information content (AvgIpc) is 2.58. The van der Waals surface area contributed by atoms with Gasteiger partial charge in [0.15, 0.2) is 0 Å². The first-order chi connectivity index (χ1) is 7.55.